The number of carbonyl (C=O) groups is 1. The Morgan fingerprint density at radius 3 is 2.25 bits per heavy atom. The molecule has 1 rings (SSSR count). The minimum atomic E-state index is -3.64. The summed E-state index contributed by atoms with van der Waals surface area (Å²) in [6.07, 6.45) is 0.462. The van der Waals surface area contributed by atoms with Gasteiger partial charge >= 0.3 is 5.97 Å². The Bertz CT molecular complexity index is 546. The third-order valence-corrected chi connectivity index (χ3v) is 4.13. The van der Waals surface area contributed by atoms with Crippen molar-refractivity contribution in [2.24, 2.45) is 5.41 Å². The van der Waals surface area contributed by atoms with Crippen LogP contribution in [-0.2, 0) is 14.8 Å². The summed E-state index contributed by atoms with van der Waals surface area (Å²) < 4.78 is 26.2. The van der Waals surface area contributed by atoms with Crippen LogP contribution in [0.3, 0.4) is 0 Å². The van der Waals surface area contributed by atoms with Crippen molar-refractivity contribution in [2.75, 3.05) is 5.75 Å². The van der Waals surface area contributed by atoms with E-state index in [2.05, 4.69) is 4.72 Å². The van der Waals surface area contributed by atoms with E-state index in [0.717, 1.165) is 0 Å². The summed E-state index contributed by atoms with van der Waals surface area (Å²) in [5.74, 6) is -1.30. The maximum absolute atomic E-state index is 12.0. The number of carboxylic acids is 1. The fraction of sp³-hybridized carbons (Fsp3) is 0.500. The fourth-order valence-electron chi connectivity index (χ4n) is 1.59. The molecule has 0 unspecified atom stereocenters. The maximum Gasteiger partial charge on any atom is 0.326 e. The van der Waals surface area contributed by atoms with E-state index in [1.165, 1.54) is 0 Å². The van der Waals surface area contributed by atoms with Gasteiger partial charge in [0, 0.05) is 0 Å². The van der Waals surface area contributed by atoms with Crippen LogP contribution in [0.1, 0.15) is 38.8 Å². The lowest BCUT2D eigenvalue weighted by atomic mass is 9.94. The number of benzene rings is 1. The molecular weight excluding hydrogens is 278 g/mol. The normalized spacial score (nSPS) is 13.9. The van der Waals surface area contributed by atoms with Gasteiger partial charge in [0.2, 0.25) is 10.0 Å². The van der Waals surface area contributed by atoms with Crippen LogP contribution in [0.25, 0.3) is 0 Å². The van der Waals surface area contributed by atoms with Crippen LogP contribution in [0.2, 0.25) is 0 Å². The number of rotatable bonds is 6. The molecular formula is C14H21NO4S. The smallest absolute Gasteiger partial charge is 0.326 e. The number of hydrogen-bond donors (Lipinski definition) is 2. The van der Waals surface area contributed by atoms with Gasteiger partial charge in [0.15, 0.2) is 0 Å². The van der Waals surface area contributed by atoms with E-state index in [4.69, 9.17) is 0 Å². The van der Waals surface area contributed by atoms with Crippen molar-refractivity contribution in [1.82, 2.24) is 4.72 Å². The molecule has 0 heterocycles. The Morgan fingerprint density at radius 2 is 1.80 bits per heavy atom. The van der Waals surface area contributed by atoms with Crippen molar-refractivity contribution in [1.29, 1.82) is 0 Å². The molecule has 1 aromatic carbocycles. The van der Waals surface area contributed by atoms with Gasteiger partial charge < -0.3 is 5.11 Å². The molecule has 0 saturated heterocycles. The van der Waals surface area contributed by atoms with Gasteiger partial charge in [-0.2, -0.15) is 4.72 Å². The van der Waals surface area contributed by atoms with Crippen molar-refractivity contribution >= 4 is 16.0 Å². The summed E-state index contributed by atoms with van der Waals surface area (Å²) in [5.41, 5.74) is 0.291. The molecule has 112 valence electrons. The zero-order chi connectivity index (χ0) is 15.4. The highest BCUT2D eigenvalue weighted by molar-refractivity contribution is 7.89. The van der Waals surface area contributed by atoms with E-state index >= 15 is 0 Å². The molecule has 0 aliphatic rings. The van der Waals surface area contributed by atoms with Crippen LogP contribution < -0.4 is 4.72 Å². The highest BCUT2D eigenvalue weighted by Gasteiger charge is 2.26. The van der Waals surface area contributed by atoms with Crippen molar-refractivity contribution in [3.63, 3.8) is 0 Å². The second-order valence-corrected chi connectivity index (χ2v) is 7.80. The molecule has 0 aliphatic carbocycles. The first-order valence-electron chi connectivity index (χ1n) is 6.38. The molecule has 0 aliphatic heterocycles. The van der Waals surface area contributed by atoms with Gasteiger partial charge in [-0.15, -0.1) is 0 Å². The highest BCUT2D eigenvalue weighted by atomic mass is 32.2. The average molecular weight is 299 g/mol. The van der Waals surface area contributed by atoms with Crippen molar-refractivity contribution < 1.29 is 18.3 Å². The van der Waals surface area contributed by atoms with E-state index in [1.807, 2.05) is 20.8 Å². The van der Waals surface area contributed by atoms with E-state index < -0.39 is 22.0 Å². The molecule has 0 aromatic heterocycles. The molecule has 20 heavy (non-hydrogen) atoms. The summed E-state index contributed by atoms with van der Waals surface area (Å²) >= 11 is 0. The standard InChI is InChI=1S/C14H21NO4S/c1-14(2,3)9-10-20(18,19)15-12(13(16)17)11-7-5-4-6-8-11/h4-8,12,15H,9-10H2,1-3H3,(H,16,17)/t12-/m0/s1. The van der Waals surface area contributed by atoms with E-state index in [0.29, 0.717) is 12.0 Å². The Morgan fingerprint density at radius 1 is 1.25 bits per heavy atom. The molecule has 0 spiro atoms. The zero-order valence-corrected chi connectivity index (χ0v) is 12.8. The molecule has 6 heteroatoms. The lowest BCUT2D eigenvalue weighted by molar-refractivity contribution is -0.139. The van der Waals surface area contributed by atoms with Crippen LogP contribution in [-0.4, -0.2) is 25.2 Å². The Labute approximate surface area is 120 Å². The second-order valence-electron chi connectivity index (χ2n) is 5.93. The predicted molar refractivity (Wildman–Crippen MR) is 77.8 cm³/mol. The topological polar surface area (TPSA) is 83.5 Å². The van der Waals surface area contributed by atoms with Crippen LogP contribution in [0.4, 0.5) is 0 Å². The van der Waals surface area contributed by atoms with E-state index in [9.17, 15) is 18.3 Å². The lowest BCUT2D eigenvalue weighted by Crippen LogP contribution is -2.36. The first-order chi connectivity index (χ1) is 9.11. The number of sulfonamides is 1. The molecule has 5 nitrogen and oxygen atoms in total. The van der Waals surface area contributed by atoms with Crippen LogP contribution in [0, 0.1) is 5.41 Å². The van der Waals surface area contributed by atoms with Gasteiger partial charge in [-0.3, -0.25) is 4.79 Å². The summed E-state index contributed by atoms with van der Waals surface area (Å²) in [6.45, 7) is 5.82. The van der Waals surface area contributed by atoms with E-state index in [1.54, 1.807) is 30.3 Å². The fourth-order valence-corrected chi connectivity index (χ4v) is 3.18. The quantitative estimate of drug-likeness (QED) is 0.843. The molecule has 0 fully saturated rings. The molecule has 0 saturated carbocycles. The second kappa shape index (κ2) is 6.37. The maximum atomic E-state index is 12.0. The van der Waals surface area contributed by atoms with Crippen LogP contribution in [0.15, 0.2) is 30.3 Å². The Kier molecular flexibility index (Phi) is 5.30. The lowest BCUT2D eigenvalue weighted by Gasteiger charge is -2.20. The summed E-state index contributed by atoms with van der Waals surface area (Å²) in [6, 6.07) is 7.02. The van der Waals surface area contributed by atoms with E-state index in [-0.39, 0.29) is 11.2 Å². The van der Waals surface area contributed by atoms with Crippen LogP contribution >= 0.6 is 0 Å². The molecule has 0 radical (unpaired) electrons. The summed E-state index contributed by atoms with van der Waals surface area (Å²) in [5, 5.41) is 9.19. The molecule has 0 bridgehead atoms. The SMILES string of the molecule is CC(C)(C)CCS(=O)(=O)N[C@H](C(=O)O)c1ccccc1. The van der Waals surface area contributed by atoms with Gasteiger partial charge in [-0.05, 0) is 17.4 Å². The average Bonchev–Trinajstić information content (AvgIpc) is 2.34. The Balaban J connectivity index is 2.84. The molecule has 2 N–H and O–H groups in total. The van der Waals surface area contributed by atoms with Crippen molar-refractivity contribution in [3.05, 3.63) is 35.9 Å². The third-order valence-electron chi connectivity index (χ3n) is 2.80. The van der Waals surface area contributed by atoms with Gasteiger partial charge in [0.25, 0.3) is 0 Å². The highest BCUT2D eigenvalue weighted by Crippen LogP contribution is 2.20. The van der Waals surface area contributed by atoms with Gasteiger partial charge in [0.1, 0.15) is 6.04 Å². The Hall–Kier alpha value is -1.40. The summed E-state index contributed by atoms with van der Waals surface area (Å²) in [7, 11) is -3.64. The zero-order valence-electron chi connectivity index (χ0n) is 12.0. The van der Waals surface area contributed by atoms with Gasteiger partial charge in [-0.25, -0.2) is 8.42 Å². The minimum Gasteiger partial charge on any atom is -0.480 e. The largest absolute Gasteiger partial charge is 0.480 e. The van der Waals surface area contributed by atoms with Crippen molar-refractivity contribution in [3.8, 4) is 0 Å². The first-order valence-corrected chi connectivity index (χ1v) is 8.04. The third kappa shape index (κ3) is 5.71. The number of aliphatic carboxylic acids is 1. The molecule has 1 atom stereocenters. The monoisotopic (exact) mass is 299 g/mol. The molecule has 1 aromatic rings. The number of nitrogens with one attached hydrogen (secondary N) is 1. The number of carboxylic acid groups (broad SMARTS) is 1. The first kappa shape index (κ1) is 16.7. The summed E-state index contributed by atoms with van der Waals surface area (Å²) in [4.78, 5) is 11.3. The predicted octanol–water partition coefficient (Wildman–Crippen LogP) is 2.17. The van der Waals surface area contributed by atoms with Crippen LogP contribution in [0.5, 0.6) is 0 Å². The van der Waals surface area contributed by atoms with Gasteiger partial charge in [0.05, 0.1) is 5.75 Å². The number of hydrogen-bond acceptors (Lipinski definition) is 3. The molecule has 0 amide bonds. The minimum absolute atomic E-state index is 0.0902. The van der Waals surface area contributed by atoms with Crippen molar-refractivity contribution in [2.45, 2.75) is 33.2 Å². The van der Waals surface area contributed by atoms with Gasteiger partial charge in [-0.1, -0.05) is 51.1 Å².